The maximum Gasteiger partial charge on any atom is 0.243 e. The van der Waals surface area contributed by atoms with E-state index in [1.165, 1.54) is 5.00 Å². The van der Waals surface area contributed by atoms with Gasteiger partial charge in [-0.2, -0.15) is 0 Å². The van der Waals surface area contributed by atoms with Crippen LogP contribution in [0.2, 0.25) is 0 Å². The highest BCUT2D eigenvalue weighted by Gasteiger charge is 2.22. The van der Waals surface area contributed by atoms with Crippen molar-refractivity contribution in [3.63, 3.8) is 0 Å². The Bertz CT molecular complexity index is 379. The van der Waals surface area contributed by atoms with E-state index in [2.05, 4.69) is 34.7 Å². The third-order valence-corrected chi connectivity index (χ3v) is 3.82. The fourth-order valence-electron chi connectivity index (χ4n) is 2.00. The Hall–Kier alpha value is -1.05. The number of hydrogen-bond acceptors (Lipinski definition) is 3. The van der Waals surface area contributed by atoms with Gasteiger partial charge in [-0.25, -0.2) is 4.85 Å². The predicted molar refractivity (Wildman–Crippen MR) is 64.9 cm³/mol. The van der Waals surface area contributed by atoms with E-state index in [0.29, 0.717) is 6.04 Å². The Balaban J connectivity index is 2.14. The van der Waals surface area contributed by atoms with Crippen molar-refractivity contribution in [3.05, 3.63) is 23.5 Å². The summed E-state index contributed by atoms with van der Waals surface area (Å²) < 4.78 is 0. The first-order chi connectivity index (χ1) is 7.20. The molecule has 1 atom stereocenters. The van der Waals surface area contributed by atoms with Crippen molar-refractivity contribution in [1.82, 2.24) is 4.90 Å². The van der Waals surface area contributed by atoms with Crippen LogP contribution in [-0.4, -0.2) is 37.6 Å². The summed E-state index contributed by atoms with van der Waals surface area (Å²) in [5, 5.41) is 2.03. The van der Waals surface area contributed by atoms with Gasteiger partial charge in [0.25, 0.3) is 0 Å². The van der Waals surface area contributed by atoms with Crippen LogP contribution in [0.5, 0.6) is 0 Å². The van der Waals surface area contributed by atoms with Crippen LogP contribution in [-0.2, 0) is 0 Å². The number of nitrogens with zero attached hydrogens (tertiary/aromatic N) is 3. The Labute approximate surface area is 94.7 Å². The fraction of sp³-hybridized carbons (Fsp3) is 0.545. The van der Waals surface area contributed by atoms with Crippen LogP contribution in [0.4, 0.5) is 10.0 Å². The summed E-state index contributed by atoms with van der Waals surface area (Å²) in [6.07, 6.45) is 0. The second-order valence-electron chi connectivity index (χ2n) is 4.03. The normalized spacial score (nSPS) is 22.7. The molecule has 2 rings (SSSR count). The second kappa shape index (κ2) is 4.21. The molecule has 0 aromatic carbocycles. The van der Waals surface area contributed by atoms with Gasteiger partial charge in [-0.05, 0) is 26.1 Å². The van der Waals surface area contributed by atoms with E-state index in [0.717, 1.165) is 24.6 Å². The Morgan fingerprint density at radius 3 is 2.87 bits per heavy atom. The quantitative estimate of drug-likeness (QED) is 0.675. The van der Waals surface area contributed by atoms with Gasteiger partial charge >= 0.3 is 0 Å². The summed E-state index contributed by atoms with van der Waals surface area (Å²) in [5.74, 6) is 0. The molecule has 1 aromatic rings. The number of piperazine rings is 1. The van der Waals surface area contributed by atoms with Gasteiger partial charge in [-0.3, -0.25) is 0 Å². The molecule has 1 aliphatic heterocycles. The maximum absolute atomic E-state index is 6.96. The molecule has 1 saturated heterocycles. The molecule has 1 aliphatic rings. The zero-order valence-electron chi connectivity index (χ0n) is 9.10. The van der Waals surface area contributed by atoms with E-state index < -0.39 is 0 Å². The molecule has 0 bridgehead atoms. The van der Waals surface area contributed by atoms with Crippen molar-refractivity contribution in [2.24, 2.45) is 0 Å². The molecule has 2 heterocycles. The van der Waals surface area contributed by atoms with Gasteiger partial charge in [0.15, 0.2) is 0 Å². The van der Waals surface area contributed by atoms with E-state index in [1.54, 1.807) is 11.3 Å². The molecule has 0 radical (unpaired) electrons. The number of rotatable bonds is 1. The summed E-state index contributed by atoms with van der Waals surface area (Å²) in [7, 11) is 2.16. The lowest BCUT2D eigenvalue weighted by Gasteiger charge is -2.39. The molecular weight excluding hydrogens is 206 g/mol. The number of likely N-dealkylation sites (N-methyl/N-ethyl adjacent to an activating group) is 1. The summed E-state index contributed by atoms with van der Waals surface area (Å²) in [4.78, 5) is 8.21. The molecule has 4 heteroatoms. The Kier molecular flexibility index (Phi) is 2.94. The predicted octanol–water partition coefficient (Wildman–Crippen LogP) is 2.44. The molecule has 1 fully saturated rings. The van der Waals surface area contributed by atoms with Gasteiger partial charge in [-0.15, -0.1) is 11.3 Å². The molecule has 0 N–H and O–H groups in total. The molecule has 0 saturated carbocycles. The molecule has 80 valence electrons. The average Bonchev–Trinajstić information content (AvgIpc) is 2.66. The molecule has 0 unspecified atom stereocenters. The smallest absolute Gasteiger partial charge is 0.243 e. The van der Waals surface area contributed by atoms with Gasteiger partial charge < -0.3 is 9.80 Å². The van der Waals surface area contributed by atoms with Gasteiger partial charge in [0, 0.05) is 25.7 Å². The van der Waals surface area contributed by atoms with Crippen molar-refractivity contribution in [2.75, 3.05) is 31.6 Å². The minimum Gasteiger partial charge on any atom is -0.359 e. The molecule has 3 nitrogen and oxygen atoms in total. The van der Waals surface area contributed by atoms with Crippen LogP contribution < -0.4 is 4.90 Å². The molecular formula is C11H15N3S. The first kappa shape index (κ1) is 10.5. The highest BCUT2D eigenvalue weighted by Crippen LogP contribution is 2.33. The zero-order chi connectivity index (χ0) is 10.8. The first-order valence-electron chi connectivity index (χ1n) is 5.13. The van der Waals surface area contributed by atoms with E-state index in [9.17, 15) is 0 Å². The molecule has 0 amide bonds. The van der Waals surface area contributed by atoms with E-state index in [-0.39, 0.29) is 0 Å². The number of hydrogen-bond donors (Lipinski definition) is 0. The van der Waals surface area contributed by atoms with Gasteiger partial charge in [0.1, 0.15) is 0 Å². The van der Waals surface area contributed by atoms with E-state index >= 15 is 0 Å². The maximum atomic E-state index is 6.96. The number of thiophene rings is 1. The largest absolute Gasteiger partial charge is 0.359 e. The molecule has 0 aliphatic carbocycles. The van der Waals surface area contributed by atoms with Gasteiger partial charge in [-0.1, -0.05) is 0 Å². The summed E-state index contributed by atoms with van der Waals surface area (Å²) >= 11 is 1.60. The standard InChI is InChI=1S/C11H15N3S/c1-9-8-13(3)6-7-14(9)11-5-4-10(12-2)15-11/h4-5,9H,6-8H2,1,3H3/t9-/m1/s1. The SMILES string of the molecule is [C-]#[N+]c1ccc(N2CCN(C)C[C@H]2C)s1. The van der Waals surface area contributed by atoms with Crippen LogP contribution >= 0.6 is 11.3 Å². The van der Waals surface area contributed by atoms with E-state index in [1.807, 2.05) is 6.07 Å². The third-order valence-electron chi connectivity index (χ3n) is 2.80. The van der Waals surface area contributed by atoms with E-state index in [4.69, 9.17) is 6.57 Å². The topological polar surface area (TPSA) is 10.8 Å². The highest BCUT2D eigenvalue weighted by atomic mass is 32.1. The van der Waals surface area contributed by atoms with Crippen molar-refractivity contribution in [2.45, 2.75) is 13.0 Å². The van der Waals surface area contributed by atoms with Crippen LogP contribution in [0.15, 0.2) is 12.1 Å². The minimum atomic E-state index is 0.543. The second-order valence-corrected chi connectivity index (χ2v) is 5.07. The monoisotopic (exact) mass is 221 g/mol. The van der Waals surface area contributed by atoms with Crippen molar-refractivity contribution < 1.29 is 0 Å². The fourth-order valence-corrected chi connectivity index (χ4v) is 2.92. The third kappa shape index (κ3) is 2.14. The zero-order valence-corrected chi connectivity index (χ0v) is 9.92. The Morgan fingerprint density at radius 2 is 2.27 bits per heavy atom. The van der Waals surface area contributed by atoms with Crippen LogP contribution in [0, 0.1) is 6.57 Å². The number of anilines is 1. The van der Waals surface area contributed by atoms with Crippen LogP contribution in [0.25, 0.3) is 4.85 Å². The molecule has 0 spiro atoms. The summed E-state index contributed by atoms with van der Waals surface area (Å²) in [6, 6.07) is 4.53. The van der Waals surface area contributed by atoms with Crippen molar-refractivity contribution >= 4 is 21.3 Å². The summed E-state index contributed by atoms with van der Waals surface area (Å²) in [5.41, 5.74) is 0. The van der Waals surface area contributed by atoms with Crippen molar-refractivity contribution in [1.29, 1.82) is 0 Å². The Morgan fingerprint density at radius 1 is 1.47 bits per heavy atom. The first-order valence-corrected chi connectivity index (χ1v) is 5.95. The van der Waals surface area contributed by atoms with Crippen LogP contribution in [0.1, 0.15) is 6.92 Å². The highest BCUT2D eigenvalue weighted by molar-refractivity contribution is 7.20. The lowest BCUT2D eigenvalue weighted by Crippen LogP contribution is -2.50. The lowest BCUT2D eigenvalue weighted by atomic mass is 10.2. The minimum absolute atomic E-state index is 0.543. The van der Waals surface area contributed by atoms with Gasteiger partial charge in [0.05, 0.1) is 11.6 Å². The molecule has 1 aromatic heterocycles. The molecule has 15 heavy (non-hydrogen) atoms. The lowest BCUT2D eigenvalue weighted by molar-refractivity contribution is 0.276. The average molecular weight is 221 g/mol. The summed E-state index contributed by atoms with van der Waals surface area (Å²) in [6.45, 7) is 12.5. The van der Waals surface area contributed by atoms with Crippen molar-refractivity contribution in [3.8, 4) is 0 Å². The van der Waals surface area contributed by atoms with Gasteiger partial charge in [0.2, 0.25) is 5.00 Å². The van der Waals surface area contributed by atoms with Crippen LogP contribution in [0.3, 0.4) is 0 Å².